The first-order chi connectivity index (χ1) is 5.83. The second-order valence-corrected chi connectivity index (χ2v) is 2.16. The molecule has 0 radical (unpaired) electrons. The van der Waals surface area contributed by atoms with E-state index in [1.165, 1.54) is 11.8 Å². The molecule has 0 spiro atoms. The van der Waals surface area contributed by atoms with Crippen molar-refractivity contribution in [2.45, 2.75) is 20.8 Å². The molecule has 0 atom stereocenters. The molecule has 2 heteroatoms. The van der Waals surface area contributed by atoms with Gasteiger partial charge in [-0.25, -0.2) is 0 Å². The Morgan fingerprint density at radius 2 is 1.67 bits per heavy atom. The Morgan fingerprint density at radius 3 is 2.08 bits per heavy atom. The van der Waals surface area contributed by atoms with E-state index < -0.39 is 0 Å². The summed E-state index contributed by atoms with van der Waals surface area (Å²) in [7, 11) is 0. The van der Waals surface area contributed by atoms with Gasteiger partial charge in [-0.2, -0.15) is 0 Å². The smallest absolute Gasteiger partial charge is 0.0733 e. The van der Waals surface area contributed by atoms with E-state index in [-0.39, 0.29) is 0 Å². The molecule has 12 heavy (non-hydrogen) atoms. The van der Waals surface area contributed by atoms with Gasteiger partial charge < -0.3 is 5.21 Å². The van der Waals surface area contributed by atoms with Crippen LogP contribution >= 0.6 is 0 Å². The summed E-state index contributed by atoms with van der Waals surface area (Å²) in [4.78, 5) is 0. The fourth-order valence-corrected chi connectivity index (χ4v) is 0.719. The number of rotatable bonds is 1. The van der Waals surface area contributed by atoms with Crippen molar-refractivity contribution < 1.29 is 5.21 Å². The van der Waals surface area contributed by atoms with E-state index in [9.17, 15) is 0 Å². The molecule has 66 valence electrons. The van der Waals surface area contributed by atoms with Gasteiger partial charge in [-0.1, -0.05) is 48.8 Å². The van der Waals surface area contributed by atoms with Crippen LogP contribution in [-0.4, -0.2) is 11.4 Å². The van der Waals surface area contributed by atoms with E-state index in [4.69, 9.17) is 5.21 Å². The van der Waals surface area contributed by atoms with Gasteiger partial charge in [0, 0.05) is 0 Å². The second kappa shape index (κ2) is 6.40. The van der Waals surface area contributed by atoms with Crippen molar-refractivity contribution >= 4 is 6.21 Å². The molecule has 0 fully saturated rings. The largest absolute Gasteiger partial charge is 0.411 e. The van der Waals surface area contributed by atoms with Gasteiger partial charge in [0.2, 0.25) is 0 Å². The standard InChI is InChI=1S/C8H9NO.C2H6/c1-7-2-4-8(5-3-7)6-9-10;1-2/h2-6,10H,1H3;1-2H3/b9-6+;. The van der Waals surface area contributed by atoms with Gasteiger partial charge in [-0.15, -0.1) is 0 Å². The predicted octanol–water partition coefficient (Wildman–Crippen LogP) is 2.83. The lowest BCUT2D eigenvalue weighted by Crippen LogP contribution is -1.79. The second-order valence-electron chi connectivity index (χ2n) is 2.16. The highest BCUT2D eigenvalue weighted by molar-refractivity contribution is 5.78. The van der Waals surface area contributed by atoms with Crippen LogP contribution in [0.2, 0.25) is 0 Å². The highest BCUT2D eigenvalue weighted by Gasteiger charge is 1.84. The molecule has 0 heterocycles. The average molecular weight is 165 g/mol. The summed E-state index contributed by atoms with van der Waals surface area (Å²) in [6.07, 6.45) is 1.40. The van der Waals surface area contributed by atoms with Gasteiger partial charge in [0.25, 0.3) is 0 Å². The van der Waals surface area contributed by atoms with Crippen molar-refractivity contribution in [1.29, 1.82) is 0 Å². The zero-order valence-electron chi connectivity index (χ0n) is 7.78. The third kappa shape index (κ3) is 3.76. The molecule has 0 amide bonds. The minimum atomic E-state index is 0.910. The topological polar surface area (TPSA) is 32.6 Å². The number of aryl methyl sites for hydroxylation is 1. The highest BCUT2D eigenvalue weighted by Crippen LogP contribution is 1.99. The van der Waals surface area contributed by atoms with E-state index in [2.05, 4.69) is 5.16 Å². The molecule has 2 nitrogen and oxygen atoms in total. The fourth-order valence-electron chi connectivity index (χ4n) is 0.719. The highest BCUT2D eigenvalue weighted by atomic mass is 16.4. The van der Waals surface area contributed by atoms with Crippen molar-refractivity contribution in [2.24, 2.45) is 5.16 Å². The van der Waals surface area contributed by atoms with Gasteiger partial charge in [-0.05, 0) is 12.5 Å². The maximum atomic E-state index is 8.16. The Labute approximate surface area is 73.5 Å². The molecular formula is C10H15NO. The number of nitrogens with zero attached hydrogens (tertiary/aromatic N) is 1. The van der Waals surface area contributed by atoms with Crippen LogP contribution < -0.4 is 0 Å². The predicted molar refractivity (Wildman–Crippen MR) is 51.9 cm³/mol. The van der Waals surface area contributed by atoms with Crippen LogP contribution in [0.4, 0.5) is 0 Å². The molecule has 0 aliphatic carbocycles. The SMILES string of the molecule is CC.Cc1ccc(/C=N/O)cc1. The molecule has 1 aromatic rings. The van der Waals surface area contributed by atoms with Gasteiger partial charge in [0.05, 0.1) is 6.21 Å². The van der Waals surface area contributed by atoms with Gasteiger partial charge in [0.1, 0.15) is 0 Å². The molecule has 0 aliphatic heterocycles. The monoisotopic (exact) mass is 165 g/mol. The summed E-state index contributed by atoms with van der Waals surface area (Å²) in [6.45, 7) is 6.01. The van der Waals surface area contributed by atoms with Crippen LogP contribution in [0.3, 0.4) is 0 Å². The maximum Gasteiger partial charge on any atom is 0.0733 e. The lowest BCUT2D eigenvalue weighted by molar-refractivity contribution is 0.322. The normalized spacial score (nSPS) is 9.25. The Morgan fingerprint density at radius 1 is 1.17 bits per heavy atom. The van der Waals surface area contributed by atoms with Gasteiger partial charge in [0.15, 0.2) is 0 Å². The number of oxime groups is 1. The van der Waals surface area contributed by atoms with Crippen LogP contribution in [0.5, 0.6) is 0 Å². The molecule has 1 aromatic carbocycles. The summed E-state index contributed by atoms with van der Waals surface area (Å²) >= 11 is 0. The molecule has 0 unspecified atom stereocenters. The lowest BCUT2D eigenvalue weighted by atomic mass is 10.2. The molecule has 0 aromatic heterocycles. The summed E-state index contributed by atoms with van der Waals surface area (Å²) < 4.78 is 0. The van der Waals surface area contributed by atoms with Crippen LogP contribution in [0, 0.1) is 6.92 Å². The summed E-state index contributed by atoms with van der Waals surface area (Å²) in [5.41, 5.74) is 2.11. The molecule has 0 saturated carbocycles. The van der Waals surface area contributed by atoms with Crippen LogP contribution in [0.15, 0.2) is 29.4 Å². The van der Waals surface area contributed by atoms with E-state index >= 15 is 0 Å². The number of hydrogen-bond acceptors (Lipinski definition) is 2. The quantitative estimate of drug-likeness (QED) is 0.387. The van der Waals surface area contributed by atoms with E-state index in [1.807, 2.05) is 45.0 Å². The summed E-state index contributed by atoms with van der Waals surface area (Å²) in [5.74, 6) is 0. The zero-order chi connectivity index (χ0) is 9.40. The van der Waals surface area contributed by atoms with Crippen LogP contribution in [0.1, 0.15) is 25.0 Å². The number of hydrogen-bond donors (Lipinski definition) is 1. The van der Waals surface area contributed by atoms with Crippen molar-refractivity contribution in [3.05, 3.63) is 35.4 Å². The van der Waals surface area contributed by atoms with Crippen molar-refractivity contribution in [1.82, 2.24) is 0 Å². The Bertz CT molecular complexity index is 226. The van der Waals surface area contributed by atoms with Gasteiger partial charge >= 0.3 is 0 Å². The minimum absolute atomic E-state index is 0.910. The summed E-state index contributed by atoms with van der Waals surface area (Å²) in [6, 6.07) is 7.73. The number of benzene rings is 1. The third-order valence-electron chi connectivity index (χ3n) is 1.28. The molecule has 1 rings (SSSR count). The Kier molecular flexibility index (Phi) is 5.70. The Hall–Kier alpha value is -1.31. The first kappa shape index (κ1) is 10.7. The van der Waals surface area contributed by atoms with Crippen LogP contribution in [-0.2, 0) is 0 Å². The average Bonchev–Trinajstić information content (AvgIpc) is 2.13. The minimum Gasteiger partial charge on any atom is -0.411 e. The molecule has 1 N–H and O–H groups in total. The van der Waals surface area contributed by atoms with Crippen molar-refractivity contribution in [3.8, 4) is 0 Å². The lowest BCUT2D eigenvalue weighted by Gasteiger charge is -1.91. The zero-order valence-corrected chi connectivity index (χ0v) is 7.78. The molecule has 0 saturated heterocycles. The molecule has 0 aliphatic rings. The molecule has 0 bridgehead atoms. The van der Waals surface area contributed by atoms with Gasteiger partial charge in [-0.3, -0.25) is 0 Å². The Balaban J connectivity index is 0.000000561. The third-order valence-corrected chi connectivity index (χ3v) is 1.28. The van der Waals surface area contributed by atoms with E-state index in [0.717, 1.165) is 5.56 Å². The first-order valence-electron chi connectivity index (χ1n) is 4.07. The van der Waals surface area contributed by atoms with Crippen molar-refractivity contribution in [2.75, 3.05) is 0 Å². The van der Waals surface area contributed by atoms with E-state index in [0.29, 0.717) is 0 Å². The van der Waals surface area contributed by atoms with Crippen LogP contribution in [0.25, 0.3) is 0 Å². The van der Waals surface area contributed by atoms with Crippen molar-refractivity contribution in [3.63, 3.8) is 0 Å². The van der Waals surface area contributed by atoms with E-state index in [1.54, 1.807) is 0 Å². The summed E-state index contributed by atoms with van der Waals surface area (Å²) in [5, 5.41) is 11.1. The molecular weight excluding hydrogens is 150 g/mol. The maximum absolute atomic E-state index is 8.16. The first-order valence-corrected chi connectivity index (χ1v) is 4.07. The fraction of sp³-hybridized carbons (Fsp3) is 0.300.